The van der Waals surface area contributed by atoms with E-state index in [1.165, 1.54) is 21.9 Å². The predicted octanol–water partition coefficient (Wildman–Crippen LogP) is 14.6. The van der Waals surface area contributed by atoms with E-state index in [9.17, 15) is 0 Å². The number of hydrogen-bond donors (Lipinski definition) is 0. The molecule has 0 spiro atoms. The van der Waals surface area contributed by atoms with E-state index in [2.05, 4.69) is 211 Å². The van der Waals surface area contributed by atoms with Gasteiger partial charge in [0.2, 0.25) is 0 Å². The number of nitrogens with zero attached hydrogens (tertiary/aromatic N) is 4. The molecule has 0 saturated heterocycles. The zero-order valence-electron chi connectivity index (χ0n) is 33.2. The van der Waals surface area contributed by atoms with Crippen LogP contribution in [0.2, 0.25) is 0 Å². The van der Waals surface area contributed by atoms with Crippen molar-refractivity contribution in [3.05, 3.63) is 231 Å². The molecule has 0 atom stereocenters. The van der Waals surface area contributed by atoms with Gasteiger partial charge >= 0.3 is 0 Å². The standard InChI is InChI=1S/C57H38N4/c1-5-18-39(19-6-1)43-26-17-27-44(34-43)56-58-55(42-24-11-4-12-25-42)59-57(60-56)45-32-33-49(54(38-45)61-52-30-15-13-28-50(52)51-29-14-16-31-53(51)61)48-36-46(40-20-7-2-8-21-40)35-47(37-48)41-22-9-3-10-23-41/h1-38H. The third-order valence-corrected chi connectivity index (χ3v) is 11.4. The number of rotatable bonds is 8. The SMILES string of the molecule is c1ccc(-c2cccc(-c3nc(-c4ccccc4)nc(-c4ccc(-c5cc(-c6ccccc6)cc(-c6ccccc6)c5)c(-n5c6ccccc6c6ccccc65)c4)n3)c2)cc1. The molecule has 0 aliphatic carbocycles. The van der Waals surface area contributed by atoms with Crippen LogP contribution in [0, 0.1) is 0 Å². The molecule has 0 aliphatic rings. The molecular formula is C57H38N4. The van der Waals surface area contributed by atoms with Crippen LogP contribution in [0.25, 0.3) is 106 Å². The van der Waals surface area contributed by atoms with Gasteiger partial charge in [-0.3, -0.25) is 0 Å². The molecule has 4 nitrogen and oxygen atoms in total. The maximum Gasteiger partial charge on any atom is 0.164 e. The highest BCUT2D eigenvalue weighted by Crippen LogP contribution is 2.41. The van der Waals surface area contributed by atoms with Crippen LogP contribution in [0.4, 0.5) is 0 Å². The summed E-state index contributed by atoms with van der Waals surface area (Å²) in [5, 5.41) is 2.40. The number of para-hydroxylation sites is 2. The lowest BCUT2D eigenvalue weighted by Crippen LogP contribution is -2.02. The maximum absolute atomic E-state index is 5.26. The molecule has 0 bridgehead atoms. The zero-order valence-corrected chi connectivity index (χ0v) is 33.2. The van der Waals surface area contributed by atoms with Crippen molar-refractivity contribution in [2.24, 2.45) is 0 Å². The Balaban J connectivity index is 1.17. The summed E-state index contributed by atoms with van der Waals surface area (Å²) in [5.41, 5.74) is 15.1. The lowest BCUT2D eigenvalue weighted by molar-refractivity contribution is 1.07. The van der Waals surface area contributed by atoms with E-state index in [0.717, 1.165) is 66.8 Å². The first-order chi connectivity index (χ1) is 30.2. The second-order valence-electron chi connectivity index (χ2n) is 15.3. The molecule has 11 rings (SSSR count). The Bertz CT molecular complexity index is 3230. The second kappa shape index (κ2) is 15.5. The van der Waals surface area contributed by atoms with Crippen molar-refractivity contribution in [3.63, 3.8) is 0 Å². The van der Waals surface area contributed by atoms with Crippen molar-refractivity contribution in [3.8, 4) is 84.4 Å². The number of benzene rings is 9. The normalized spacial score (nSPS) is 11.3. The van der Waals surface area contributed by atoms with Gasteiger partial charge < -0.3 is 4.57 Å². The van der Waals surface area contributed by atoms with E-state index in [-0.39, 0.29) is 0 Å². The second-order valence-corrected chi connectivity index (χ2v) is 15.3. The van der Waals surface area contributed by atoms with Gasteiger partial charge in [0.15, 0.2) is 17.5 Å². The summed E-state index contributed by atoms with van der Waals surface area (Å²) in [7, 11) is 0. The number of hydrogen-bond acceptors (Lipinski definition) is 3. The minimum absolute atomic E-state index is 0.602. The Hall–Kier alpha value is -8.21. The molecule has 61 heavy (non-hydrogen) atoms. The van der Waals surface area contributed by atoms with Gasteiger partial charge in [0, 0.05) is 33.0 Å². The van der Waals surface area contributed by atoms with E-state index in [4.69, 9.17) is 15.0 Å². The molecule has 9 aromatic carbocycles. The fraction of sp³-hybridized carbons (Fsp3) is 0. The first-order valence-corrected chi connectivity index (χ1v) is 20.6. The van der Waals surface area contributed by atoms with Gasteiger partial charge in [-0.05, 0) is 81.4 Å². The fourth-order valence-corrected chi connectivity index (χ4v) is 8.48. The smallest absolute Gasteiger partial charge is 0.164 e. The van der Waals surface area contributed by atoms with E-state index in [0.29, 0.717) is 17.5 Å². The van der Waals surface area contributed by atoms with Crippen LogP contribution in [0.5, 0.6) is 0 Å². The summed E-state index contributed by atoms with van der Waals surface area (Å²) in [6.07, 6.45) is 0. The Morgan fingerprint density at radius 2 is 0.623 bits per heavy atom. The minimum atomic E-state index is 0.602. The van der Waals surface area contributed by atoms with Crippen LogP contribution in [0.1, 0.15) is 0 Å². The first kappa shape index (κ1) is 35.9. The van der Waals surface area contributed by atoms with Crippen LogP contribution in [0.3, 0.4) is 0 Å². The van der Waals surface area contributed by atoms with E-state index < -0.39 is 0 Å². The van der Waals surface area contributed by atoms with Gasteiger partial charge in [0.1, 0.15) is 0 Å². The van der Waals surface area contributed by atoms with Crippen LogP contribution < -0.4 is 0 Å². The van der Waals surface area contributed by atoms with Crippen molar-refractivity contribution in [2.75, 3.05) is 0 Å². The average molecular weight is 779 g/mol. The van der Waals surface area contributed by atoms with Crippen LogP contribution in [-0.4, -0.2) is 19.5 Å². The lowest BCUT2D eigenvalue weighted by atomic mass is 9.92. The predicted molar refractivity (Wildman–Crippen MR) is 252 cm³/mol. The lowest BCUT2D eigenvalue weighted by Gasteiger charge is -2.18. The fourth-order valence-electron chi connectivity index (χ4n) is 8.48. The molecule has 2 heterocycles. The molecule has 0 radical (unpaired) electrons. The van der Waals surface area contributed by atoms with E-state index in [1.54, 1.807) is 0 Å². The monoisotopic (exact) mass is 778 g/mol. The topological polar surface area (TPSA) is 43.6 Å². The van der Waals surface area contributed by atoms with Gasteiger partial charge in [-0.25, -0.2) is 15.0 Å². The maximum atomic E-state index is 5.26. The molecule has 0 saturated carbocycles. The van der Waals surface area contributed by atoms with Crippen molar-refractivity contribution < 1.29 is 0 Å². The van der Waals surface area contributed by atoms with Gasteiger partial charge in [-0.15, -0.1) is 0 Å². The van der Waals surface area contributed by atoms with Gasteiger partial charge in [-0.1, -0.05) is 188 Å². The summed E-state index contributed by atoms with van der Waals surface area (Å²) in [6.45, 7) is 0. The highest BCUT2D eigenvalue weighted by Gasteiger charge is 2.20. The van der Waals surface area contributed by atoms with Gasteiger partial charge in [0.05, 0.1) is 16.7 Å². The van der Waals surface area contributed by atoms with E-state index in [1.807, 2.05) is 24.3 Å². The molecule has 0 unspecified atom stereocenters. The van der Waals surface area contributed by atoms with Gasteiger partial charge in [-0.2, -0.15) is 0 Å². The highest BCUT2D eigenvalue weighted by molar-refractivity contribution is 6.10. The summed E-state index contributed by atoms with van der Waals surface area (Å²) < 4.78 is 2.41. The minimum Gasteiger partial charge on any atom is -0.309 e. The van der Waals surface area contributed by atoms with Crippen LogP contribution >= 0.6 is 0 Å². The Morgan fingerprint density at radius 1 is 0.246 bits per heavy atom. The first-order valence-electron chi connectivity index (χ1n) is 20.6. The van der Waals surface area contributed by atoms with Crippen LogP contribution in [0.15, 0.2) is 231 Å². The summed E-state index contributed by atoms with van der Waals surface area (Å²) in [6, 6.07) is 81.3. The molecular weight excluding hydrogens is 741 g/mol. The zero-order chi connectivity index (χ0) is 40.5. The third-order valence-electron chi connectivity index (χ3n) is 11.4. The summed E-state index contributed by atoms with van der Waals surface area (Å²) in [4.78, 5) is 15.6. The van der Waals surface area contributed by atoms with Crippen molar-refractivity contribution in [2.45, 2.75) is 0 Å². The Labute approximate surface area is 354 Å². The quantitative estimate of drug-likeness (QED) is 0.154. The Morgan fingerprint density at radius 3 is 1.16 bits per heavy atom. The average Bonchev–Trinajstić information content (AvgIpc) is 3.69. The third kappa shape index (κ3) is 6.86. The molecule has 2 aromatic heterocycles. The molecule has 0 amide bonds. The van der Waals surface area contributed by atoms with Gasteiger partial charge in [0.25, 0.3) is 0 Å². The summed E-state index contributed by atoms with van der Waals surface area (Å²) >= 11 is 0. The van der Waals surface area contributed by atoms with Crippen LogP contribution in [-0.2, 0) is 0 Å². The van der Waals surface area contributed by atoms with E-state index >= 15 is 0 Å². The highest BCUT2D eigenvalue weighted by atomic mass is 15.0. The Kier molecular flexibility index (Phi) is 9.14. The number of fused-ring (bicyclic) bond motifs is 3. The summed E-state index contributed by atoms with van der Waals surface area (Å²) in [5.74, 6) is 1.84. The molecule has 11 aromatic rings. The molecule has 286 valence electrons. The molecule has 0 aliphatic heterocycles. The van der Waals surface area contributed by atoms with Crippen molar-refractivity contribution in [1.82, 2.24) is 19.5 Å². The number of aromatic nitrogens is 4. The van der Waals surface area contributed by atoms with Crippen molar-refractivity contribution in [1.29, 1.82) is 0 Å². The molecule has 0 N–H and O–H groups in total. The molecule has 4 heteroatoms. The molecule has 0 fully saturated rings. The van der Waals surface area contributed by atoms with Crippen molar-refractivity contribution >= 4 is 21.8 Å². The largest absolute Gasteiger partial charge is 0.309 e.